The summed E-state index contributed by atoms with van der Waals surface area (Å²) < 4.78 is 54.2. The van der Waals surface area contributed by atoms with Crippen molar-refractivity contribution in [1.29, 1.82) is 0 Å². The topological polar surface area (TPSA) is 70.7 Å². The first-order chi connectivity index (χ1) is 12.7. The van der Waals surface area contributed by atoms with Gasteiger partial charge in [0.15, 0.2) is 5.58 Å². The van der Waals surface area contributed by atoms with Crippen molar-refractivity contribution in [3.05, 3.63) is 57.5 Å². The van der Waals surface area contributed by atoms with Gasteiger partial charge in [-0.2, -0.15) is 13.2 Å². The van der Waals surface area contributed by atoms with Crippen molar-refractivity contribution in [3.63, 3.8) is 0 Å². The highest BCUT2D eigenvalue weighted by Crippen LogP contribution is 2.36. The molecule has 142 valence electrons. The number of nitrogens with zero attached hydrogens (tertiary/aromatic N) is 1. The van der Waals surface area contributed by atoms with E-state index in [-0.39, 0.29) is 34.2 Å². The molecule has 0 amide bonds. The number of carbonyl (C=O) groups is 1. The van der Waals surface area contributed by atoms with E-state index in [2.05, 4.69) is 4.74 Å². The van der Waals surface area contributed by atoms with Crippen molar-refractivity contribution in [2.45, 2.75) is 12.7 Å². The Labute approximate surface area is 154 Å². The van der Waals surface area contributed by atoms with E-state index in [0.717, 1.165) is 22.8 Å². The smallest absolute Gasteiger partial charge is 0.420 e. The third-order valence-electron chi connectivity index (χ3n) is 3.64. The molecular formula is C17H11ClF3NO5. The molecule has 0 radical (unpaired) electrons. The molecule has 0 aliphatic rings. The van der Waals surface area contributed by atoms with Crippen LogP contribution in [0.25, 0.3) is 11.1 Å². The molecule has 0 atom stereocenters. The first-order valence-electron chi connectivity index (χ1n) is 7.44. The summed E-state index contributed by atoms with van der Waals surface area (Å²) in [7, 11) is 1.18. The standard InChI is InChI=1S/C17H11ClF3NO5/c1-25-15(23)8-22-12-7-10(3-5-14(12)27-16(22)24)26-13-4-2-9(6-11(13)18)17(19,20)21/h2-7H,8H2,1H3. The second kappa shape index (κ2) is 6.99. The van der Waals surface area contributed by atoms with Gasteiger partial charge in [-0.05, 0) is 30.3 Å². The molecule has 2 aromatic carbocycles. The van der Waals surface area contributed by atoms with E-state index >= 15 is 0 Å². The lowest BCUT2D eigenvalue weighted by molar-refractivity contribution is -0.141. The minimum atomic E-state index is -4.53. The fourth-order valence-electron chi connectivity index (χ4n) is 2.34. The molecule has 1 aromatic heterocycles. The predicted octanol–water partition coefficient (Wildman–Crippen LogP) is 4.23. The lowest BCUT2D eigenvalue weighted by Gasteiger charge is -2.11. The predicted molar refractivity (Wildman–Crippen MR) is 89.0 cm³/mol. The van der Waals surface area contributed by atoms with E-state index in [9.17, 15) is 22.8 Å². The molecule has 0 aliphatic carbocycles. The number of carbonyl (C=O) groups excluding carboxylic acids is 1. The van der Waals surface area contributed by atoms with Crippen LogP contribution in [-0.2, 0) is 22.3 Å². The number of methoxy groups -OCH3 is 1. The van der Waals surface area contributed by atoms with Gasteiger partial charge in [-0.3, -0.25) is 9.36 Å². The summed E-state index contributed by atoms with van der Waals surface area (Å²) >= 11 is 5.87. The number of ether oxygens (including phenoxy) is 2. The fraction of sp³-hybridized carbons (Fsp3) is 0.176. The fourth-order valence-corrected chi connectivity index (χ4v) is 2.55. The van der Waals surface area contributed by atoms with E-state index in [0.29, 0.717) is 0 Å². The summed E-state index contributed by atoms with van der Waals surface area (Å²) in [5.74, 6) is -1.24. The number of benzene rings is 2. The lowest BCUT2D eigenvalue weighted by Crippen LogP contribution is -2.20. The minimum Gasteiger partial charge on any atom is -0.468 e. The molecular weight excluding hydrogens is 391 g/mol. The average molecular weight is 402 g/mol. The van der Waals surface area contributed by atoms with E-state index in [1.165, 1.54) is 25.3 Å². The zero-order valence-electron chi connectivity index (χ0n) is 13.7. The number of halogens is 4. The highest BCUT2D eigenvalue weighted by molar-refractivity contribution is 6.32. The number of esters is 1. The van der Waals surface area contributed by atoms with Crippen molar-refractivity contribution < 1.29 is 31.9 Å². The maximum atomic E-state index is 12.7. The molecule has 0 fully saturated rings. The molecule has 3 aromatic rings. The Hall–Kier alpha value is -2.94. The van der Waals surface area contributed by atoms with Crippen LogP contribution in [0.2, 0.25) is 5.02 Å². The molecule has 6 nitrogen and oxygen atoms in total. The molecule has 0 saturated carbocycles. The Morgan fingerprint density at radius 3 is 2.59 bits per heavy atom. The first kappa shape index (κ1) is 18.8. The maximum absolute atomic E-state index is 12.7. The van der Waals surface area contributed by atoms with Gasteiger partial charge < -0.3 is 13.9 Å². The number of oxazole rings is 1. The van der Waals surface area contributed by atoms with Gasteiger partial charge in [0.2, 0.25) is 0 Å². The molecule has 0 N–H and O–H groups in total. The number of hydrogen-bond donors (Lipinski definition) is 0. The number of rotatable bonds is 4. The first-order valence-corrected chi connectivity index (χ1v) is 7.81. The summed E-state index contributed by atoms with van der Waals surface area (Å²) in [5, 5.41) is -0.232. The number of hydrogen-bond acceptors (Lipinski definition) is 5. The molecule has 0 aliphatic heterocycles. The number of aromatic nitrogens is 1. The van der Waals surface area contributed by atoms with Crippen LogP contribution in [0, 0.1) is 0 Å². The van der Waals surface area contributed by atoms with Crippen molar-refractivity contribution in [1.82, 2.24) is 4.57 Å². The van der Waals surface area contributed by atoms with E-state index in [4.69, 9.17) is 20.8 Å². The molecule has 3 rings (SSSR count). The monoisotopic (exact) mass is 401 g/mol. The van der Waals surface area contributed by atoms with Crippen molar-refractivity contribution in [3.8, 4) is 11.5 Å². The van der Waals surface area contributed by atoms with Crippen molar-refractivity contribution in [2.75, 3.05) is 7.11 Å². The van der Waals surface area contributed by atoms with E-state index in [1.807, 2.05) is 0 Å². The van der Waals surface area contributed by atoms with Gasteiger partial charge in [0.25, 0.3) is 0 Å². The van der Waals surface area contributed by atoms with Gasteiger partial charge in [-0.15, -0.1) is 0 Å². The van der Waals surface area contributed by atoms with Crippen LogP contribution in [0.1, 0.15) is 5.56 Å². The molecule has 0 unspecified atom stereocenters. The van der Waals surface area contributed by atoms with E-state index < -0.39 is 23.5 Å². The molecule has 0 saturated heterocycles. The summed E-state index contributed by atoms with van der Waals surface area (Å²) in [6.07, 6.45) is -4.53. The van der Waals surface area contributed by atoms with Gasteiger partial charge >= 0.3 is 17.9 Å². The zero-order valence-corrected chi connectivity index (χ0v) is 14.4. The zero-order chi connectivity index (χ0) is 19.8. The average Bonchev–Trinajstić information content (AvgIpc) is 2.91. The third-order valence-corrected chi connectivity index (χ3v) is 3.94. The van der Waals surface area contributed by atoms with Crippen LogP contribution in [-0.4, -0.2) is 17.6 Å². The van der Waals surface area contributed by atoms with Gasteiger partial charge in [0.1, 0.15) is 18.0 Å². The normalized spacial score (nSPS) is 11.6. The van der Waals surface area contributed by atoms with Gasteiger partial charge in [-0.1, -0.05) is 11.6 Å². The summed E-state index contributed by atoms with van der Waals surface area (Å²) in [6.45, 7) is -0.368. The van der Waals surface area contributed by atoms with E-state index in [1.54, 1.807) is 0 Å². The highest BCUT2D eigenvalue weighted by Gasteiger charge is 2.31. The quantitative estimate of drug-likeness (QED) is 0.612. The molecule has 0 bridgehead atoms. The van der Waals surface area contributed by atoms with Crippen LogP contribution < -0.4 is 10.5 Å². The highest BCUT2D eigenvalue weighted by atomic mass is 35.5. The summed E-state index contributed by atoms with van der Waals surface area (Å²) in [5.41, 5.74) is -0.447. The maximum Gasteiger partial charge on any atom is 0.420 e. The van der Waals surface area contributed by atoms with Gasteiger partial charge in [0, 0.05) is 6.07 Å². The molecule has 10 heteroatoms. The molecule has 0 spiro atoms. The van der Waals surface area contributed by atoms with Gasteiger partial charge in [0.05, 0.1) is 23.2 Å². The van der Waals surface area contributed by atoms with Gasteiger partial charge in [-0.25, -0.2) is 4.79 Å². The second-order valence-corrected chi connectivity index (χ2v) is 5.81. The minimum absolute atomic E-state index is 0.00521. The third kappa shape index (κ3) is 3.92. The summed E-state index contributed by atoms with van der Waals surface area (Å²) in [6, 6.07) is 6.95. The Kier molecular flexibility index (Phi) is 4.88. The number of alkyl halides is 3. The largest absolute Gasteiger partial charge is 0.468 e. The van der Waals surface area contributed by atoms with Crippen molar-refractivity contribution >= 4 is 28.7 Å². The molecule has 27 heavy (non-hydrogen) atoms. The van der Waals surface area contributed by atoms with Crippen LogP contribution in [0.5, 0.6) is 11.5 Å². The number of fused-ring (bicyclic) bond motifs is 1. The van der Waals surface area contributed by atoms with Crippen LogP contribution in [0.3, 0.4) is 0 Å². The lowest BCUT2D eigenvalue weighted by atomic mass is 10.2. The van der Waals surface area contributed by atoms with Crippen LogP contribution in [0.4, 0.5) is 13.2 Å². The van der Waals surface area contributed by atoms with Crippen LogP contribution in [0.15, 0.2) is 45.6 Å². The second-order valence-electron chi connectivity index (χ2n) is 5.40. The van der Waals surface area contributed by atoms with Crippen LogP contribution >= 0.6 is 11.6 Å². The SMILES string of the molecule is COC(=O)Cn1c(=O)oc2ccc(Oc3ccc(C(F)(F)F)cc3Cl)cc21. The van der Waals surface area contributed by atoms with Crippen molar-refractivity contribution in [2.24, 2.45) is 0 Å². The Morgan fingerprint density at radius 2 is 1.96 bits per heavy atom. The summed E-state index contributed by atoms with van der Waals surface area (Å²) in [4.78, 5) is 23.3. The Balaban J connectivity index is 1.95. The molecule has 1 heterocycles. The Bertz CT molecular complexity index is 1070. The Morgan fingerprint density at radius 1 is 1.22 bits per heavy atom.